The van der Waals surface area contributed by atoms with Crippen LogP contribution in [0.15, 0.2) is 24.3 Å². The van der Waals surface area contributed by atoms with Crippen molar-refractivity contribution in [1.82, 2.24) is 0 Å². The van der Waals surface area contributed by atoms with E-state index in [4.69, 9.17) is 5.11 Å². The lowest BCUT2D eigenvalue weighted by atomic mass is 10.2. The minimum atomic E-state index is -0.446. The highest BCUT2D eigenvalue weighted by Gasteiger charge is 1.96. The first-order chi connectivity index (χ1) is 5.16. The molecule has 0 saturated heterocycles. The smallest absolute Gasteiger partial charge is 0.0724 e. The van der Waals surface area contributed by atoms with Crippen molar-refractivity contribution in [2.45, 2.75) is 25.9 Å². The first kappa shape index (κ1) is 10.4. The Morgan fingerprint density at radius 3 is 2.73 bits per heavy atom. The Morgan fingerprint density at radius 1 is 1.64 bits per heavy atom. The van der Waals surface area contributed by atoms with Gasteiger partial charge in [0.05, 0.1) is 6.10 Å². The standard InChI is InChI=1S/C9H16O2/c1-8(2)5-6-9(11)4-3-7-10/h5-6,9-11H,1,3-4,7H2,2H3. The summed E-state index contributed by atoms with van der Waals surface area (Å²) in [7, 11) is 0. The second-order valence-electron chi connectivity index (χ2n) is 2.64. The zero-order valence-electron chi connectivity index (χ0n) is 6.95. The van der Waals surface area contributed by atoms with Crippen molar-refractivity contribution < 1.29 is 10.2 Å². The van der Waals surface area contributed by atoms with Gasteiger partial charge in [-0.1, -0.05) is 24.3 Å². The SMILES string of the molecule is C=C(C)C=CC(O)CCCO. The van der Waals surface area contributed by atoms with Gasteiger partial charge in [0.15, 0.2) is 0 Å². The molecule has 0 heterocycles. The quantitative estimate of drug-likeness (QED) is 0.588. The number of hydrogen-bond acceptors (Lipinski definition) is 2. The maximum atomic E-state index is 9.19. The van der Waals surface area contributed by atoms with E-state index in [-0.39, 0.29) is 6.61 Å². The van der Waals surface area contributed by atoms with Crippen LogP contribution in [0.3, 0.4) is 0 Å². The van der Waals surface area contributed by atoms with Crippen molar-refractivity contribution in [2.24, 2.45) is 0 Å². The fraction of sp³-hybridized carbons (Fsp3) is 0.556. The predicted molar refractivity (Wildman–Crippen MR) is 46.3 cm³/mol. The second kappa shape index (κ2) is 6.13. The predicted octanol–water partition coefficient (Wildman–Crippen LogP) is 1.25. The monoisotopic (exact) mass is 156 g/mol. The summed E-state index contributed by atoms with van der Waals surface area (Å²) < 4.78 is 0. The van der Waals surface area contributed by atoms with Crippen LogP contribution in [0.5, 0.6) is 0 Å². The molecule has 1 unspecified atom stereocenters. The molecule has 0 aliphatic heterocycles. The number of hydrogen-bond donors (Lipinski definition) is 2. The fourth-order valence-electron chi connectivity index (χ4n) is 0.672. The van der Waals surface area contributed by atoms with Gasteiger partial charge in [-0.25, -0.2) is 0 Å². The Labute approximate surface area is 67.9 Å². The van der Waals surface area contributed by atoms with Crippen molar-refractivity contribution in [3.05, 3.63) is 24.3 Å². The average Bonchev–Trinajstić information content (AvgIpc) is 1.97. The topological polar surface area (TPSA) is 40.5 Å². The van der Waals surface area contributed by atoms with E-state index in [2.05, 4.69) is 6.58 Å². The molecule has 0 bridgehead atoms. The summed E-state index contributed by atoms with van der Waals surface area (Å²) in [5.41, 5.74) is 0.924. The van der Waals surface area contributed by atoms with E-state index < -0.39 is 6.10 Å². The molecule has 0 spiro atoms. The van der Waals surface area contributed by atoms with Gasteiger partial charge < -0.3 is 10.2 Å². The van der Waals surface area contributed by atoms with Crippen LogP contribution >= 0.6 is 0 Å². The third kappa shape index (κ3) is 7.30. The van der Waals surface area contributed by atoms with E-state index in [1.807, 2.05) is 6.92 Å². The highest BCUT2D eigenvalue weighted by atomic mass is 16.3. The molecule has 11 heavy (non-hydrogen) atoms. The first-order valence-electron chi connectivity index (χ1n) is 3.79. The molecule has 0 aromatic heterocycles. The van der Waals surface area contributed by atoms with Gasteiger partial charge >= 0.3 is 0 Å². The maximum Gasteiger partial charge on any atom is 0.0724 e. The minimum absolute atomic E-state index is 0.137. The van der Waals surface area contributed by atoms with Crippen molar-refractivity contribution in [3.8, 4) is 0 Å². The largest absolute Gasteiger partial charge is 0.396 e. The summed E-state index contributed by atoms with van der Waals surface area (Å²) in [6, 6.07) is 0. The molecule has 0 aliphatic rings. The molecule has 0 saturated carbocycles. The Bertz CT molecular complexity index is 138. The zero-order valence-corrected chi connectivity index (χ0v) is 6.95. The van der Waals surface area contributed by atoms with Crippen LogP contribution in [0.25, 0.3) is 0 Å². The lowest BCUT2D eigenvalue weighted by molar-refractivity contribution is 0.190. The molecule has 2 nitrogen and oxygen atoms in total. The molecule has 0 amide bonds. The second-order valence-corrected chi connectivity index (χ2v) is 2.64. The molecule has 0 fully saturated rings. The van der Waals surface area contributed by atoms with E-state index in [9.17, 15) is 5.11 Å². The molecule has 64 valence electrons. The van der Waals surface area contributed by atoms with E-state index in [0.717, 1.165) is 5.57 Å². The van der Waals surface area contributed by atoms with Gasteiger partial charge in [-0.15, -0.1) is 0 Å². The number of rotatable bonds is 5. The van der Waals surface area contributed by atoms with Gasteiger partial charge in [0, 0.05) is 6.61 Å². The van der Waals surface area contributed by atoms with Gasteiger partial charge in [-0.2, -0.15) is 0 Å². The Balaban J connectivity index is 3.50. The van der Waals surface area contributed by atoms with Gasteiger partial charge in [0.2, 0.25) is 0 Å². The Morgan fingerprint density at radius 2 is 2.27 bits per heavy atom. The summed E-state index contributed by atoms with van der Waals surface area (Å²) in [5, 5.41) is 17.6. The van der Waals surface area contributed by atoms with Gasteiger partial charge in [0.1, 0.15) is 0 Å². The van der Waals surface area contributed by atoms with Crippen molar-refractivity contribution in [2.75, 3.05) is 6.61 Å². The van der Waals surface area contributed by atoms with Crippen LogP contribution in [-0.2, 0) is 0 Å². The third-order valence-electron chi connectivity index (χ3n) is 1.26. The third-order valence-corrected chi connectivity index (χ3v) is 1.26. The van der Waals surface area contributed by atoms with Gasteiger partial charge in [0.25, 0.3) is 0 Å². The number of allylic oxidation sites excluding steroid dienone is 2. The molecule has 0 aliphatic carbocycles. The highest BCUT2D eigenvalue weighted by molar-refractivity contribution is 5.12. The van der Waals surface area contributed by atoms with E-state index in [0.29, 0.717) is 12.8 Å². The molecule has 0 radical (unpaired) electrons. The Kier molecular flexibility index (Phi) is 5.80. The highest BCUT2D eigenvalue weighted by Crippen LogP contribution is 1.99. The summed E-state index contributed by atoms with van der Waals surface area (Å²) in [6.45, 7) is 5.67. The molecule has 0 aromatic carbocycles. The first-order valence-corrected chi connectivity index (χ1v) is 3.79. The Hall–Kier alpha value is -0.600. The molecule has 0 aromatic rings. The van der Waals surface area contributed by atoms with Gasteiger partial charge in [-0.05, 0) is 19.8 Å². The van der Waals surface area contributed by atoms with Crippen LogP contribution in [0.2, 0.25) is 0 Å². The molecular formula is C9H16O2. The van der Waals surface area contributed by atoms with Crippen LogP contribution in [0.1, 0.15) is 19.8 Å². The van der Waals surface area contributed by atoms with Crippen LogP contribution < -0.4 is 0 Å². The summed E-state index contributed by atoms with van der Waals surface area (Å²) >= 11 is 0. The van der Waals surface area contributed by atoms with E-state index >= 15 is 0 Å². The summed E-state index contributed by atoms with van der Waals surface area (Å²) in [5.74, 6) is 0. The summed E-state index contributed by atoms with van der Waals surface area (Å²) in [4.78, 5) is 0. The zero-order chi connectivity index (χ0) is 8.69. The average molecular weight is 156 g/mol. The lowest BCUT2D eigenvalue weighted by Gasteiger charge is -2.02. The normalized spacial score (nSPS) is 13.7. The lowest BCUT2D eigenvalue weighted by Crippen LogP contribution is -2.02. The molecule has 0 rings (SSSR count). The van der Waals surface area contributed by atoms with Crippen LogP contribution in [0, 0.1) is 0 Å². The van der Waals surface area contributed by atoms with Crippen LogP contribution in [-0.4, -0.2) is 22.9 Å². The summed E-state index contributed by atoms with van der Waals surface area (Å²) in [6.07, 6.45) is 4.28. The minimum Gasteiger partial charge on any atom is -0.396 e. The van der Waals surface area contributed by atoms with Gasteiger partial charge in [-0.3, -0.25) is 0 Å². The van der Waals surface area contributed by atoms with Crippen molar-refractivity contribution in [3.63, 3.8) is 0 Å². The molecule has 2 heteroatoms. The van der Waals surface area contributed by atoms with Crippen molar-refractivity contribution >= 4 is 0 Å². The molecule has 2 N–H and O–H groups in total. The fourth-order valence-corrected chi connectivity index (χ4v) is 0.672. The molecule has 1 atom stereocenters. The maximum absolute atomic E-state index is 9.19. The number of aliphatic hydroxyl groups is 2. The van der Waals surface area contributed by atoms with E-state index in [1.54, 1.807) is 12.2 Å². The van der Waals surface area contributed by atoms with Crippen LogP contribution in [0.4, 0.5) is 0 Å². The molecular weight excluding hydrogens is 140 g/mol. The number of aliphatic hydroxyl groups excluding tert-OH is 2. The van der Waals surface area contributed by atoms with Crippen molar-refractivity contribution in [1.29, 1.82) is 0 Å². The van der Waals surface area contributed by atoms with E-state index in [1.165, 1.54) is 0 Å².